The van der Waals surface area contributed by atoms with Crippen molar-refractivity contribution in [2.45, 2.75) is 89.1 Å². The minimum absolute atomic E-state index is 0.0513. The van der Waals surface area contributed by atoms with Crippen LogP contribution in [0.2, 0.25) is 0 Å². The highest BCUT2D eigenvalue weighted by Gasteiger charge is 2.31. The zero-order valence-corrected chi connectivity index (χ0v) is 24.3. The van der Waals surface area contributed by atoms with E-state index in [1.165, 1.54) is 60.3 Å². The highest BCUT2D eigenvalue weighted by Crippen LogP contribution is 2.32. The van der Waals surface area contributed by atoms with Crippen LogP contribution in [-0.4, -0.2) is 52.9 Å². The van der Waals surface area contributed by atoms with E-state index in [9.17, 15) is 0 Å². The van der Waals surface area contributed by atoms with E-state index in [0.29, 0.717) is 12.0 Å². The lowest BCUT2D eigenvalue weighted by molar-refractivity contribution is -0.162. The van der Waals surface area contributed by atoms with Gasteiger partial charge in [0.1, 0.15) is 6.10 Å². The van der Waals surface area contributed by atoms with Crippen molar-refractivity contribution in [1.82, 2.24) is 14.5 Å². The average molecular weight is 558 g/mol. The Labute approximate surface area is 243 Å². The number of unbranched alkanes of at least 4 members (excludes halogenated alkanes) is 5. The molecule has 2 fully saturated rings. The maximum absolute atomic E-state index is 6.11. The summed E-state index contributed by atoms with van der Waals surface area (Å²) in [5.74, 6) is 0.686. The van der Waals surface area contributed by atoms with Gasteiger partial charge in [0.2, 0.25) is 5.88 Å². The number of nitrogens with zero attached hydrogens (tertiary/aromatic N) is 3. The topological polar surface area (TPSA) is 67.6 Å². The van der Waals surface area contributed by atoms with Gasteiger partial charge in [-0.2, -0.15) is 0 Å². The van der Waals surface area contributed by atoms with Crippen molar-refractivity contribution in [3.8, 4) is 17.0 Å². The minimum Gasteiger partial charge on any atom is -0.474 e. The number of hydrogen-bond donors (Lipinski definition) is 0. The SMILES string of the molecule is Cn1c2ccncc2c2ccc(-c3ccc(O[C@H]4C[C@H](OCCCCCCCCOC5CCCCO5)C4)nc3)cc21. The maximum Gasteiger partial charge on any atom is 0.213 e. The van der Waals surface area contributed by atoms with Crippen LogP contribution >= 0.6 is 0 Å². The number of fused-ring (bicyclic) bond motifs is 3. The van der Waals surface area contributed by atoms with Crippen LogP contribution in [0.15, 0.2) is 55.0 Å². The Morgan fingerprint density at radius 1 is 0.805 bits per heavy atom. The van der Waals surface area contributed by atoms with E-state index in [0.717, 1.165) is 63.1 Å². The second kappa shape index (κ2) is 13.8. The molecule has 7 heteroatoms. The quantitative estimate of drug-likeness (QED) is 0.149. The molecule has 6 rings (SSSR count). The lowest BCUT2D eigenvalue weighted by Gasteiger charge is -2.34. The van der Waals surface area contributed by atoms with Gasteiger partial charge in [-0.15, -0.1) is 0 Å². The Morgan fingerprint density at radius 2 is 1.61 bits per heavy atom. The summed E-state index contributed by atoms with van der Waals surface area (Å²) in [6.07, 6.45) is 18.9. The second-order valence-corrected chi connectivity index (χ2v) is 11.6. The second-order valence-electron chi connectivity index (χ2n) is 11.6. The summed E-state index contributed by atoms with van der Waals surface area (Å²) in [5, 5.41) is 2.40. The Morgan fingerprint density at radius 3 is 2.39 bits per heavy atom. The van der Waals surface area contributed by atoms with Crippen LogP contribution in [0, 0.1) is 0 Å². The van der Waals surface area contributed by atoms with E-state index in [1.54, 1.807) is 0 Å². The van der Waals surface area contributed by atoms with Gasteiger partial charge in [-0.25, -0.2) is 4.98 Å². The van der Waals surface area contributed by atoms with Gasteiger partial charge >= 0.3 is 0 Å². The Hall–Kier alpha value is -3.00. The predicted octanol–water partition coefficient (Wildman–Crippen LogP) is 7.60. The molecular weight excluding hydrogens is 514 g/mol. The molecule has 1 unspecified atom stereocenters. The van der Waals surface area contributed by atoms with Crippen molar-refractivity contribution in [1.29, 1.82) is 0 Å². The van der Waals surface area contributed by atoms with Crippen LogP contribution in [0.4, 0.5) is 0 Å². The maximum atomic E-state index is 6.11. The van der Waals surface area contributed by atoms with Gasteiger partial charge in [-0.05, 0) is 55.9 Å². The summed E-state index contributed by atoms with van der Waals surface area (Å²) in [6.45, 7) is 2.54. The molecular formula is C34H43N3O4. The summed E-state index contributed by atoms with van der Waals surface area (Å²) in [6, 6.07) is 12.7. The lowest BCUT2D eigenvalue weighted by Crippen LogP contribution is -2.39. The summed E-state index contributed by atoms with van der Waals surface area (Å²) in [4.78, 5) is 8.90. The Kier molecular flexibility index (Phi) is 9.45. The van der Waals surface area contributed by atoms with Gasteiger partial charge in [0.15, 0.2) is 6.29 Å². The molecule has 4 aromatic rings. The predicted molar refractivity (Wildman–Crippen MR) is 162 cm³/mol. The number of hydrogen-bond acceptors (Lipinski definition) is 6. The van der Waals surface area contributed by atoms with Gasteiger partial charge in [-0.3, -0.25) is 4.98 Å². The molecule has 1 saturated carbocycles. The highest BCUT2D eigenvalue weighted by atomic mass is 16.7. The molecule has 4 heterocycles. The first-order chi connectivity index (χ1) is 20.2. The van der Waals surface area contributed by atoms with Crippen LogP contribution in [0.25, 0.3) is 32.9 Å². The third-order valence-electron chi connectivity index (χ3n) is 8.55. The zero-order valence-electron chi connectivity index (χ0n) is 24.3. The highest BCUT2D eigenvalue weighted by molar-refractivity contribution is 6.08. The van der Waals surface area contributed by atoms with Crippen LogP contribution in [-0.2, 0) is 21.3 Å². The molecule has 1 aliphatic heterocycles. The number of benzene rings is 1. The molecule has 1 aromatic carbocycles. The Balaban J connectivity index is 0.848. The molecule has 1 saturated heterocycles. The van der Waals surface area contributed by atoms with Crippen molar-refractivity contribution in [3.05, 3.63) is 55.0 Å². The number of pyridine rings is 2. The lowest BCUT2D eigenvalue weighted by atomic mass is 9.92. The summed E-state index contributed by atoms with van der Waals surface area (Å²) < 4.78 is 25.8. The van der Waals surface area contributed by atoms with Gasteiger partial charge in [0.05, 0.1) is 11.6 Å². The van der Waals surface area contributed by atoms with E-state index in [4.69, 9.17) is 18.9 Å². The summed E-state index contributed by atoms with van der Waals surface area (Å²) in [7, 11) is 2.10. The van der Waals surface area contributed by atoms with Crippen LogP contribution < -0.4 is 4.74 Å². The first-order valence-corrected chi connectivity index (χ1v) is 15.5. The molecule has 0 N–H and O–H groups in total. The van der Waals surface area contributed by atoms with E-state index in [-0.39, 0.29) is 12.4 Å². The molecule has 0 bridgehead atoms. The fraction of sp³-hybridized carbons (Fsp3) is 0.529. The third-order valence-corrected chi connectivity index (χ3v) is 8.55. The van der Waals surface area contributed by atoms with E-state index >= 15 is 0 Å². The van der Waals surface area contributed by atoms with Crippen molar-refractivity contribution in [2.75, 3.05) is 19.8 Å². The van der Waals surface area contributed by atoms with E-state index in [2.05, 4.69) is 51.9 Å². The normalized spacial score (nSPS) is 20.9. The van der Waals surface area contributed by atoms with Crippen molar-refractivity contribution in [2.24, 2.45) is 7.05 Å². The van der Waals surface area contributed by atoms with E-state index < -0.39 is 0 Å². The van der Waals surface area contributed by atoms with Crippen LogP contribution in [0.1, 0.15) is 70.6 Å². The fourth-order valence-corrected chi connectivity index (χ4v) is 5.99. The van der Waals surface area contributed by atoms with Crippen LogP contribution in [0.3, 0.4) is 0 Å². The first-order valence-electron chi connectivity index (χ1n) is 15.5. The van der Waals surface area contributed by atoms with Gasteiger partial charge < -0.3 is 23.5 Å². The minimum atomic E-state index is 0.0513. The Bertz CT molecular complexity index is 1390. The molecule has 1 atom stereocenters. The largest absolute Gasteiger partial charge is 0.474 e. The van der Waals surface area contributed by atoms with Gasteiger partial charge in [-0.1, -0.05) is 37.8 Å². The summed E-state index contributed by atoms with van der Waals surface area (Å²) in [5.41, 5.74) is 4.61. The standard InChI is InChI=1S/C34H43N3O4/c1-37-31-15-16-35-24-30(31)29-13-11-25(20-32(29)37)26-12-14-33(36-23-26)41-28-21-27(22-28)38-17-7-4-2-3-5-8-18-39-34-10-6-9-19-40-34/h11-16,20,23-24,27-28,34H,2-10,17-19,21-22H2,1H3/t27-,28-,34?. The molecule has 0 amide bonds. The molecule has 2 aliphatic rings. The molecule has 0 spiro atoms. The van der Waals surface area contributed by atoms with Gasteiger partial charge in [0.25, 0.3) is 0 Å². The van der Waals surface area contributed by atoms with Gasteiger partial charge in [0, 0.05) is 86.2 Å². The smallest absolute Gasteiger partial charge is 0.213 e. The zero-order chi connectivity index (χ0) is 27.9. The fourth-order valence-electron chi connectivity index (χ4n) is 5.99. The van der Waals surface area contributed by atoms with E-state index in [1.807, 2.05) is 24.7 Å². The first kappa shape index (κ1) is 28.1. The number of aromatic nitrogens is 3. The molecule has 0 radical (unpaired) electrons. The number of aryl methyl sites for hydroxylation is 1. The van der Waals surface area contributed by atoms with Crippen LogP contribution in [0.5, 0.6) is 5.88 Å². The van der Waals surface area contributed by atoms with Crippen molar-refractivity contribution in [3.63, 3.8) is 0 Å². The molecule has 1 aliphatic carbocycles. The molecule has 218 valence electrons. The summed E-state index contributed by atoms with van der Waals surface area (Å²) >= 11 is 0. The third kappa shape index (κ3) is 7.08. The number of ether oxygens (including phenoxy) is 4. The average Bonchev–Trinajstić information content (AvgIpc) is 3.28. The molecule has 3 aromatic heterocycles. The van der Waals surface area contributed by atoms with Crippen molar-refractivity contribution < 1.29 is 18.9 Å². The molecule has 7 nitrogen and oxygen atoms in total. The van der Waals surface area contributed by atoms with Crippen molar-refractivity contribution >= 4 is 21.8 Å². The molecule has 41 heavy (non-hydrogen) atoms. The number of rotatable bonds is 14. The monoisotopic (exact) mass is 557 g/mol.